The summed E-state index contributed by atoms with van der Waals surface area (Å²) in [6.07, 6.45) is 4.40. The first-order valence-electron chi connectivity index (χ1n) is 4.27. The molecule has 0 fully saturated rings. The van der Waals surface area contributed by atoms with Gasteiger partial charge in [0.1, 0.15) is 0 Å². The predicted molar refractivity (Wildman–Crippen MR) is 53.9 cm³/mol. The van der Waals surface area contributed by atoms with Crippen molar-refractivity contribution >= 4 is 0 Å². The molecule has 3 nitrogen and oxygen atoms in total. The van der Waals surface area contributed by atoms with Gasteiger partial charge in [-0.3, -0.25) is 16.3 Å². The third-order valence-electron chi connectivity index (χ3n) is 1.90. The minimum absolute atomic E-state index is 0.0670. The van der Waals surface area contributed by atoms with Crippen molar-refractivity contribution < 1.29 is 0 Å². The lowest BCUT2D eigenvalue weighted by Gasteiger charge is -2.13. The quantitative estimate of drug-likeness (QED) is 0.416. The van der Waals surface area contributed by atoms with Gasteiger partial charge in [-0.2, -0.15) is 0 Å². The van der Waals surface area contributed by atoms with Gasteiger partial charge >= 0.3 is 0 Å². The summed E-state index contributed by atoms with van der Waals surface area (Å²) in [6.45, 7) is 5.71. The molecule has 70 valence electrons. The van der Waals surface area contributed by atoms with E-state index in [4.69, 9.17) is 5.84 Å². The van der Waals surface area contributed by atoms with E-state index in [9.17, 15) is 0 Å². The molecule has 1 atom stereocenters. The second-order valence-corrected chi connectivity index (χ2v) is 3.00. The van der Waals surface area contributed by atoms with Gasteiger partial charge in [0, 0.05) is 6.20 Å². The van der Waals surface area contributed by atoms with Gasteiger partial charge in [0.15, 0.2) is 0 Å². The van der Waals surface area contributed by atoms with Crippen LogP contribution in [0.4, 0.5) is 0 Å². The summed E-state index contributed by atoms with van der Waals surface area (Å²) in [5.74, 6) is 5.40. The molecule has 0 amide bonds. The van der Waals surface area contributed by atoms with E-state index in [0.717, 1.165) is 12.1 Å². The van der Waals surface area contributed by atoms with E-state index in [1.807, 2.05) is 25.1 Å². The van der Waals surface area contributed by atoms with Gasteiger partial charge in [-0.1, -0.05) is 6.08 Å². The number of hydrogen-bond acceptors (Lipinski definition) is 3. The summed E-state index contributed by atoms with van der Waals surface area (Å²) in [4.78, 5) is 4.24. The molecule has 1 aromatic heterocycles. The fourth-order valence-corrected chi connectivity index (χ4v) is 1.19. The summed E-state index contributed by atoms with van der Waals surface area (Å²) in [5, 5.41) is 0. The molecular weight excluding hydrogens is 162 g/mol. The number of aromatic nitrogens is 1. The molecule has 3 N–H and O–H groups in total. The van der Waals surface area contributed by atoms with Crippen LogP contribution in [0.25, 0.3) is 0 Å². The molecule has 0 aliphatic rings. The number of rotatable bonds is 4. The Labute approximate surface area is 78.6 Å². The minimum Gasteiger partial charge on any atom is -0.271 e. The van der Waals surface area contributed by atoms with Crippen LogP contribution in [0, 0.1) is 6.92 Å². The summed E-state index contributed by atoms with van der Waals surface area (Å²) < 4.78 is 0. The smallest absolute Gasteiger partial charge is 0.0666 e. The molecule has 1 aromatic rings. The lowest BCUT2D eigenvalue weighted by atomic mass is 10.1. The van der Waals surface area contributed by atoms with Crippen LogP contribution in [-0.2, 0) is 0 Å². The van der Waals surface area contributed by atoms with E-state index < -0.39 is 0 Å². The Balaban J connectivity index is 2.84. The van der Waals surface area contributed by atoms with Gasteiger partial charge in [0.05, 0.1) is 11.7 Å². The van der Waals surface area contributed by atoms with Crippen LogP contribution in [0.2, 0.25) is 0 Å². The Bertz CT molecular complexity index is 283. The van der Waals surface area contributed by atoms with Crippen LogP contribution in [-0.4, -0.2) is 4.98 Å². The summed E-state index contributed by atoms with van der Waals surface area (Å²) >= 11 is 0. The first-order valence-corrected chi connectivity index (χ1v) is 4.27. The molecule has 0 aromatic carbocycles. The van der Waals surface area contributed by atoms with E-state index in [2.05, 4.69) is 17.0 Å². The predicted octanol–water partition coefficient (Wildman–Crippen LogP) is 1.47. The first kappa shape index (κ1) is 9.89. The van der Waals surface area contributed by atoms with Gasteiger partial charge in [-0.25, -0.2) is 0 Å². The van der Waals surface area contributed by atoms with Crippen LogP contribution in [0.1, 0.15) is 23.7 Å². The molecular formula is C10H15N3. The van der Waals surface area contributed by atoms with E-state index in [1.54, 1.807) is 6.20 Å². The number of pyridine rings is 1. The zero-order valence-corrected chi connectivity index (χ0v) is 7.83. The van der Waals surface area contributed by atoms with Crippen LogP contribution in [0.5, 0.6) is 0 Å². The molecule has 3 heteroatoms. The normalized spacial score (nSPS) is 12.5. The van der Waals surface area contributed by atoms with Gasteiger partial charge in [0.2, 0.25) is 0 Å². The number of nitrogens with two attached hydrogens (primary N) is 1. The fourth-order valence-electron chi connectivity index (χ4n) is 1.19. The molecule has 0 aliphatic heterocycles. The zero-order chi connectivity index (χ0) is 9.68. The van der Waals surface area contributed by atoms with Gasteiger partial charge < -0.3 is 0 Å². The average molecular weight is 177 g/mol. The molecule has 13 heavy (non-hydrogen) atoms. The van der Waals surface area contributed by atoms with Gasteiger partial charge in [-0.05, 0) is 31.0 Å². The summed E-state index contributed by atoms with van der Waals surface area (Å²) in [5.41, 5.74) is 4.86. The standard InChI is InChI=1S/C10H15N3/c1-3-4-9(13-11)10-7-8(2)5-6-12-10/h3,5-7,9,13H,1,4,11H2,2H3. The highest BCUT2D eigenvalue weighted by Crippen LogP contribution is 2.14. The van der Waals surface area contributed by atoms with E-state index in [1.165, 1.54) is 5.56 Å². The van der Waals surface area contributed by atoms with Crippen molar-refractivity contribution in [3.8, 4) is 0 Å². The van der Waals surface area contributed by atoms with Crippen LogP contribution in [0.15, 0.2) is 31.0 Å². The van der Waals surface area contributed by atoms with Crippen molar-refractivity contribution in [3.63, 3.8) is 0 Å². The van der Waals surface area contributed by atoms with Gasteiger partial charge in [-0.15, -0.1) is 6.58 Å². The highest BCUT2D eigenvalue weighted by molar-refractivity contribution is 5.17. The Kier molecular flexibility index (Phi) is 3.61. The van der Waals surface area contributed by atoms with Crippen molar-refractivity contribution in [2.24, 2.45) is 5.84 Å². The molecule has 1 unspecified atom stereocenters. The van der Waals surface area contributed by atoms with E-state index in [-0.39, 0.29) is 6.04 Å². The molecule has 0 saturated heterocycles. The largest absolute Gasteiger partial charge is 0.271 e. The van der Waals surface area contributed by atoms with Crippen LogP contribution >= 0.6 is 0 Å². The monoisotopic (exact) mass is 177 g/mol. The van der Waals surface area contributed by atoms with Crippen molar-refractivity contribution in [2.45, 2.75) is 19.4 Å². The maximum atomic E-state index is 5.40. The maximum Gasteiger partial charge on any atom is 0.0666 e. The topological polar surface area (TPSA) is 50.9 Å². The Morgan fingerprint density at radius 2 is 2.54 bits per heavy atom. The SMILES string of the molecule is C=CCC(NN)c1cc(C)ccn1. The molecule has 1 heterocycles. The highest BCUT2D eigenvalue weighted by Gasteiger charge is 2.08. The second-order valence-electron chi connectivity index (χ2n) is 3.00. The van der Waals surface area contributed by atoms with E-state index in [0.29, 0.717) is 0 Å². The third-order valence-corrected chi connectivity index (χ3v) is 1.90. The molecule has 0 saturated carbocycles. The molecule has 0 bridgehead atoms. The second kappa shape index (κ2) is 4.74. The molecule has 0 radical (unpaired) electrons. The number of nitrogens with zero attached hydrogens (tertiary/aromatic N) is 1. The van der Waals surface area contributed by atoms with Crippen molar-refractivity contribution in [3.05, 3.63) is 42.2 Å². The average Bonchev–Trinajstić information content (AvgIpc) is 2.14. The first-order chi connectivity index (χ1) is 6.27. The maximum absolute atomic E-state index is 5.40. The summed E-state index contributed by atoms with van der Waals surface area (Å²) in [6, 6.07) is 4.05. The van der Waals surface area contributed by atoms with Crippen molar-refractivity contribution in [2.75, 3.05) is 0 Å². The van der Waals surface area contributed by atoms with Crippen molar-refractivity contribution in [1.82, 2.24) is 10.4 Å². The number of nitrogens with one attached hydrogen (secondary N) is 1. The Hall–Kier alpha value is -1.19. The number of hydrazine groups is 1. The number of hydrogen-bond donors (Lipinski definition) is 2. The summed E-state index contributed by atoms with van der Waals surface area (Å²) in [7, 11) is 0. The zero-order valence-electron chi connectivity index (χ0n) is 7.83. The highest BCUT2D eigenvalue weighted by atomic mass is 15.2. The third kappa shape index (κ3) is 2.65. The lowest BCUT2D eigenvalue weighted by molar-refractivity contribution is 0.547. The Morgan fingerprint density at radius 3 is 3.08 bits per heavy atom. The van der Waals surface area contributed by atoms with E-state index >= 15 is 0 Å². The van der Waals surface area contributed by atoms with Crippen LogP contribution in [0.3, 0.4) is 0 Å². The lowest BCUT2D eigenvalue weighted by Crippen LogP contribution is -2.28. The Morgan fingerprint density at radius 1 is 1.77 bits per heavy atom. The van der Waals surface area contributed by atoms with Crippen molar-refractivity contribution in [1.29, 1.82) is 0 Å². The minimum atomic E-state index is 0.0670. The number of aryl methyl sites for hydroxylation is 1. The molecule has 0 spiro atoms. The van der Waals surface area contributed by atoms with Crippen LogP contribution < -0.4 is 11.3 Å². The fraction of sp³-hybridized carbons (Fsp3) is 0.300. The van der Waals surface area contributed by atoms with Gasteiger partial charge in [0.25, 0.3) is 0 Å². The molecule has 1 rings (SSSR count). The molecule has 0 aliphatic carbocycles.